The van der Waals surface area contributed by atoms with Gasteiger partial charge in [-0.2, -0.15) is 0 Å². The van der Waals surface area contributed by atoms with Gasteiger partial charge in [0.05, 0.1) is 13.2 Å². The van der Waals surface area contributed by atoms with Crippen molar-refractivity contribution in [3.8, 4) is 0 Å². The first kappa shape index (κ1) is 10.4. The lowest BCUT2D eigenvalue weighted by Crippen LogP contribution is -2.23. The molecule has 2 heteroatoms. The van der Waals surface area contributed by atoms with Crippen LogP contribution in [0.5, 0.6) is 0 Å². The topological polar surface area (TPSA) is 18.5 Å². The van der Waals surface area contributed by atoms with E-state index >= 15 is 0 Å². The van der Waals surface area contributed by atoms with Crippen LogP contribution in [0, 0.1) is 0 Å². The van der Waals surface area contributed by atoms with Crippen molar-refractivity contribution in [2.75, 3.05) is 13.2 Å². The molecule has 1 aromatic carbocycles. The summed E-state index contributed by atoms with van der Waals surface area (Å²) in [5, 5.41) is 0. The van der Waals surface area contributed by atoms with Crippen molar-refractivity contribution in [2.24, 2.45) is 0 Å². The largest absolute Gasteiger partial charge is 0.348 e. The molecule has 0 fully saturated rings. The molecule has 15 heavy (non-hydrogen) atoms. The summed E-state index contributed by atoms with van der Waals surface area (Å²) < 4.78 is 11.2. The third kappa shape index (κ3) is 2.67. The van der Waals surface area contributed by atoms with E-state index in [1.165, 1.54) is 5.56 Å². The van der Waals surface area contributed by atoms with Gasteiger partial charge in [0.2, 0.25) is 0 Å². The van der Waals surface area contributed by atoms with Crippen LogP contribution in [0.4, 0.5) is 0 Å². The highest BCUT2D eigenvalue weighted by Gasteiger charge is 2.20. The lowest BCUT2D eigenvalue weighted by atomic mass is 10.0. The highest BCUT2D eigenvalue weighted by atomic mass is 16.7. The molecule has 2 nitrogen and oxygen atoms in total. The van der Waals surface area contributed by atoms with E-state index in [-0.39, 0.29) is 12.2 Å². The minimum atomic E-state index is -0.137. The lowest BCUT2D eigenvalue weighted by Gasteiger charge is -2.22. The van der Waals surface area contributed by atoms with E-state index < -0.39 is 0 Å². The Morgan fingerprint density at radius 3 is 2.27 bits per heavy atom. The molecule has 0 amide bonds. The van der Waals surface area contributed by atoms with Crippen LogP contribution in [-0.2, 0) is 9.47 Å². The lowest BCUT2D eigenvalue weighted by molar-refractivity contribution is -0.133. The van der Waals surface area contributed by atoms with Crippen molar-refractivity contribution in [3.05, 3.63) is 48.0 Å². The van der Waals surface area contributed by atoms with Crippen LogP contribution in [0.15, 0.2) is 42.5 Å². The van der Waals surface area contributed by atoms with E-state index in [0.29, 0.717) is 13.2 Å². The van der Waals surface area contributed by atoms with Gasteiger partial charge in [-0.15, -0.1) is 0 Å². The molecule has 0 saturated heterocycles. The van der Waals surface area contributed by atoms with Gasteiger partial charge in [0.1, 0.15) is 0 Å². The monoisotopic (exact) mass is 204 g/mol. The molecule has 1 atom stereocenters. The first-order valence-corrected chi connectivity index (χ1v) is 5.31. The minimum absolute atomic E-state index is 0.137. The van der Waals surface area contributed by atoms with Crippen molar-refractivity contribution in [3.63, 3.8) is 0 Å². The Kier molecular flexibility index (Phi) is 3.54. The van der Waals surface area contributed by atoms with Crippen molar-refractivity contribution < 1.29 is 9.47 Å². The minimum Gasteiger partial charge on any atom is -0.348 e. The molecule has 0 aliphatic carbocycles. The summed E-state index contributed by atoms with van der Waals surface area (Å²) in [4.78, 5) is 0. The zero-order chi connectivity index (χ0) is 10.5. The van der Waals surface area contributed by atoms with Crippen molar-refractivity contribution in [1.29, 1.82) is 0 Å². The number of benzene rings is 1. The molecule has 0 radical (unpaired) electrons. The van der Waals surface area contributed by atoms with Gasteiger partial charge in [0.25, 0.3) is 0 Å². The van der Waals surface area contributed by atoms with Gasteiger partial charge in [-0.25, -0.2) is 0 Å². The van der Waals surface area contributed by atoms with E-state index in [0.717, 1.165) is 0 Å². The predicted molar refractivity (Wildman–Crippen MR) is 59.7 cm³/mol. The van der Waals surface area contributed by atoms with Crippen molar-refractivity contribution >= 4 is 0 Å². The number of hydrogen-bond acceptors (Lipinski definition) is 2. The van der Waals surface area contributed by atoms with Gasteiger partial charge in [-0.05, 0) is 5.56 Å². The average Bonchev–Trinajstić information content (AvgIpc) is 2.58. The van der Waals surface area contributed by atoms with Crippen molar-refractivity contribution in [1.82, 2.24) is 0 Å². The summed E-state index contributed by atoms with van der Waals surface area (Å²) >= 11 is 0. The first-order chi connectivity index (χ1) is 7.38. The van der Waals surface area contributed by atoms with Gasteiger partial charge in [0, 0.05) is 5.92 Å². The van der Waals surface area contributed by atoms with Gasteiger partial charge in [-0.1, -0.05) is 49.4 Å². The molecule has 1 aromatic rings. The fraction of sp³-hybridized carbons (Fsp3) is 0.385. The summed E-state index contributed by atoms with van der Waals surface area (Å²) in [6.45, 7) is 3.41. The van der Waals surface area contributed by atoms with Crippen LogP contribution in [0.1, 0.15) is 18.4 Å². The fourth-order valence-corrected chi connectivity index (χ4v) is 1.69. The molecule has 1 heterocycles. The molecule has 0 bridgehead atoms. The molecule has 0 aromatic heterocycles. The van der Waals surface area contributed by atoms with Gasteiger partial charge in [0.15, 0.2) is 6.29 Å². The molecule has 1 unspecified atom stereocenters. The Balaban J connectivity index is 2.04. The van der Waals surface area contributed by atoms with Crippen LogP contribution >= 0.6 is 0 Å². The molecular formula is C13H16O2. The molecular weight excluding hydrogens is 188 g/mol. The molecule has 0 N–H and O–H groups in total. The standard InChI is InChI=1S/C13H16O2/c1-11(12-7-3-2-4-8-12)13-14-9-5-6-10-15-13/h2-8,11,13H,9-10H2,1H3. The molecule has 80 valence electrons. The fourth-order valence-electron chi connectivity index (χ4n) is 1.69. The summed E-state index contributed by atoms with van der Waals surface area (Å²) in [6, 6.07) is 10.3. The quantitative estimate of drug-likeness (QED) is 0.690. The highest BCUT2D eigenvalue weighted by molar-refractivity contribution is 5.19. The van der Waals surface area contributed by atoms with Crippen LogP contribution in [0.2, 0.25) is 0 Å². The Bertz CT molecular complexity index is 309. The van der Waals surface area contributed by atoms with Crippen LogP contribution in [-0.4, -0.2) is 19.5 Å². The number of hydrogen-bond donors (Lipinski definition) is 0. The predicted octanol–water partition coefficient (Wildman–Crippen LogP) is 2.72. The SMILES string of the molecule is CC(c1ccccc1)C1OCC=CCO1. The van der Waals surface area contributed by atoms with Crippen molar-refractivity contribution in [2.45, 2.75) is 19.1 Å². The van der Waals surface area contributed by atoms with Gasteiger partial charge < -0.3 is 9.47 Å². The molecule has 2 rings (SSSR count). The first-order valence-electron chi connectivity index (χ1n) is 5.31. The van der Waals surface area contributed by atoms with E-state index in [9.17, 15) is 0 Å². The van der Waals surface area contributed by atoms with Crippen LogP contribution < -0.4 is 0 Å². The average molecular weight is 204 g/mol. The Morgan fingerprint density at radius 1 is 1.07 bits per heavy atom. The number of ether oxygens (including phenoxy) is 2. The smallest absolute Gasteiger partial charge is 0.164 e. The summed E-state index contributed by atoms with van der Waals surface area (Å²) in [5.41, 5.74) is 1.25. The summed E-state index contributed by atoms with van der Waals surface area (Å²) in [6.07, 6.45) is 3.86. The maximum atomic E-state index is 5.61. The van der Waals surface area contributed by atoms with Gasteiger partial charge >= 0.3 is 0 Å². The van der Waals surface area contributed by atoms with Crippen LogP contribution in [0.25, 0.3) is 0 Å². The third-order valence-corrected chi connectivity index (χ3v) is 2.61. The molecule has 0 spiro atoms. The van der Waals surface area contributed by atoms with Gasteiger partial charge in [-0.3, -0.25) is 0 Å². The van der Waals surface area contributed by atoms with E-state index in [4.69, 9.17) is 9.47 Å². The van der Waals surface area contributed by atoms with E-state index in [2.05, 4.69) is 19.1 Å². The van der Waals surface area contributed by atoms with E-state index in [1.54, 1.807) is 0 Å². The molecule has 0 saturated carbocycles. The summed E-state index contributed by atoms with van der Waals surface area (Å²) in [7, 11) is 0. The zero-order valence-electron chi connectivity index (χ0n) is 8.93. The summed E-state index contributed by atoms with van der Waals surface area (Å²) in [5.74, 6) is 0.270. The Hall–Kier alpha value is -1.12. The zero-order valence-corrected chi connectivity index (χ0v) is 8.93. The second kappa shape index (κ2) is 5.10. The maximum absolute atomic E-state index is 5.61. The molecule has 1 aliphatic heterocycles. The highest BCUT2D eigenvalue weighted by Crippen LogP contribution is 2.22. The second-order valence-corrected chi connectivity index (χ2v) is 3.71. The Morgan fingerprint density at radius 2 is 1.67 bits per heavy atom. The maximum Gasteiger partial charge on any atom is 0.164 e. The van der Waals surface area contributed by atoms with E-state index in [1.807, 2.05) is 30.4 Å². The normalized spacial score (nSPS) is 19.8. The van der Waals surface area contributed by atoms with Crippen LogP contribution in [0.3, 0.4) is 0 Å². The third-order valence-electron chi connectivity index (χ3n) is 2.61. The Labute approximate surface area is 90.5 Å². The second-order valence-electron chi connectivity index (χ2n) is 3.71. The number of rotatable bonds is 2. The molecule has 1 aliphatic rings.